The Kier molecular flexibility index (Phi) is 4.52. The van der Waals surface area contributed by atoms with Crippen molar-refractivity contribution in [3.8, 4) is 11.5 Å². The standard InChI is InChI=1S/C17H17N3O3S/c1-10-5-4-6-14-15(10)18-17(24-14)20-19-16(21)12-8-7-11(22-2)9-13(12)23-3/h4-9H,1-3H3,(H,18,20)(H,19,21). The van der Waals surface area contributed by atoms with Gasteiger partial charge in [0.05, 0.1) is 30.0 Å². The summed E-state index contributed by atoms with van der Waals surface area (Å²) in [7, 11) is 3.07. The second-order valence-corrected chi connectivity index (χ2v) is 6.12. The van der Waals surface area contributed by atoms with Crippen LogP contribution in [0.25, 0.3) is 10.2 Å². The highest BCUT2D eigenvalue weighted by atomic mass is 32.1. The van der Waals surface area contributed by atoms with Gasteiger partial charge in [0.1, 0.15) is 11.5 Å². The molecule has 0 fully saturated rings. The summed E-state index contributed by atoms with van der Waals surface area (Å²) in [6, 6.07) is 11.0. The number of ether oxygens (including phenoxy) is 2. The first-order valence-corrected chi connectivity index (χ1v) is 8.08. The number of hydrazine groups is 1. The van der Waals surface area contributed by atoms with Crippen LogP contribution in [0.15, 0.2) is 36.4 Å². The highest BCUT2D eigenvalue weighted by molar-refractivity contribution is 7.22. The van der Waals surface area contributed by atoms with Crippen LogP contribution in [0.3, 0.4) is 0 Å². The average Bonchev–Trinajstić information content (AvgIpc) is 3.03. The summed E-state index contributed by atoms with van der Waals surface area (Å²) < 4.78 is 11.4. The number of nitrogens with zero attached hydrogens (tertiary/aromatic N) is 1. The Bertz CT molecular complexity index is 892. The molecule has 0 saturated carbocycles. The molecule has 0 aliphatic carbocycles. The van der Waals surface area contributed by atoms with E-state index in [1.165, 1.54) is 18.4 Å². The van der Waals surface area contributed by atoms with Gasteiger partial charge in [0.25, 0.3) is 5.91 Å². The van der Waals surface area contributed by atoms with Crippen LogP contribution < -0.4 is 20.3 Å². The van der Waals surface area contributed by atoms with Crippen LogP contribution in [-0.4, -0.2) is 25.1 Å². The molecule has 7 heteroatoms. The number of amides is 1. The Balaban J connectivity index is 1.76. The van der Waals surface area contributed by atoms with E-state index in [9.17, 15) is 4.79 Å². The molecular formula is C17H17N3O3S. The zero-order valence-corrected chi connectivity index (χ0v) is 14.4. The summed E-state index contributed by atoms with van der Waals surface area (Å²) in [5.41, 5.74) is 7.94. The number of nitrogens with one attached hydrogen (secondary N) is 2. The van der Waals surface area contributed by atoms with E-state index in [0.29, 0.717) is 22.2 Å². The van der Waals surface area contributed by atoms with E-state index in [0.717, 1.165) is 15.8 Å². The SMILES string of the molecule is COc1ccc(C(=O)NNc2nc3c(C)cccc3s2)c(OC)c1. The van der Waals surface area contributed by atoms with E-state index in [-0.39, 0.29) is 5.91 Å². The fourth-order valence-electron chi connectivity index (χ4n) is 2.30. The molecule has 6 nitrogen and oxygen atoms in total. The van der Waals surface area contributed by atoms with Gasteiger partial charge in [0.15, 0.2) is 0 Å². The first-order chi connectivity index (χ1) is 11.6. The van der Waals surface area contributed by atoms with Gasteiger partial charge in [0.2, 0.25) is 5.13 Å². The van der Waals surface area contributed by atoms with Crippen molar-refractivity contribution in [2.24, 2.45) is 0 Å². The minimum absolute atomic E-state index is 0.314. The summed E-state index contributed by atoms with van der Waals surface area (Å²) in [6.07, 6.45) is 0. The number of thiazole rings is 1. The molecule has 0 aliphatic rings. The third-order valence-corrected chi connectivity index (χ3v) is 4.49. The number of benzene rings is 2. The highest BCUT2D eigenvalue weighted by Gasteiger charge is 2.14. The molecular weight excluding hydrogens is 326 g/mol. The number of hydrogen-bond acceptors (Lipinski definition) is 6. The second-order valence-electron chi connectivity index (χ2n) is 5.09. The first kappa shape index (κ1) is 16.1. The lowest BCUT2D eigenvalue weighted by Gasteiger charge is -2.10. The molecule has 0 bridgehead atoms. The molecule has 2 N–H and O–H groups in total. The molecule has 1 heterocycles. The number of carbonyl (C=O) groups excluding carboxylic acids is 1. The fraction of sp³-hybridized carbons (Fsp3) is 0.176. The Hall–Kier alpha value is -2.80. The Morgan fingerprint density at radius 2 is 2.00 bits per heavy atom. The molecule has 24 heavy (non-hydrogen) atoms. The van der Waals surface area contributed by atoms with Crippen LogP contribution in [-0.2, 0) is 0 Å². The van der Waals surface area contributed by atoms with Crippen LogP contribution in [0, 0.1) is 6.92 Å². The molecule has 3 rings (SSSR count). The maximum Gasteiger partial charge on any atom is 0.273 e. The van der Waals surface area contributed by atoms with E-state index in [4.69, 9.17) is 9.47 Å². The third-order valence-electron chi connectivity index (χ3n) is 3.56. The Labute approximate surface area is 143 Å². The largest absolute Gasteiger partial charge is 0.497 e. The molecule has 1 aromatic heterocycles. The van der Waals surface area contributed by atoms with Gasteiger partial charge in [-0.25, -0.2) is 4.98 Å². The van der Waals surface area contributed by atoms with Crippen LogP contribution in [0.5, 0.6) is 11.5 Å². The summed E-state index contributed by atoms with van der Waals surface area (Å²) >= 11 is 1.48. The zero-order valence-electron chi connectivity index (χ0n) is 13.5. The van der Waals surface area contributed by atoms with E-state index in [1.54, 1.807) is 25.3 Å². The van der Waals surface area contributed by atoms with Crippen LogP contribution in [0.1, 0.15) is 15.9 Å². The smallest absolute Gasteiger partial charge is 0.273 e. The Morgan fingerprint density at radius 1 is 1.17 bits per heavy atom. The molecule has 0 spiro atoms. The lowest BCUT2D eigenvalue weighted by Crippen LogP contribution is -2.29. The first-order valence-electron chi connectivity index (χ1n) is 7.27. The van der Waals surface area contributed by atoms with E-state index in [1.807, 2.05) is 25.1 Å². The van der Waals surface area contributed by atoms with Gasteiger partial charge < -0.3 is 9.47 Å². The molecule has 1 amide bonds. The van der Waals surface area contributed by atoms with Crippen LogP contribution >= 0.6 is 11.3 Å². The molecule has 0 saturated heterocycles. The zero-order chi connectivity index (χ0) is 17.1. The number of hydrogen-bond donors (Lipinski definition) is 2. The number of rotatable bonds is 5. The lowest BCUT2D eigenvalue weighted by molar-refractivity contribution is 0.0959. The fourth-order valence-corrected chi connectivity index (χ4v) is 3.20. The van der Waals surface area contributed by atoms with E-state index < -0.39 is 0 Å². The van der Waals surface area contributed by atoms with Gasteiger partial charge in [-0.2, -0.15) is 0 Å². The number of methoxy groups -OCH3 is 2. The predicted molar refractivity (Wildman–Crippen MR) is 95.0 cm³/mol. The third kappa shape index (κ3) is 3.11. The number of aromatic nitrogens is 1. The quantitative estimate of drug-likeness (QED) is 0.695. The van der Waals surface area contributed by atoms with Crippen molar-refractivity contribution in [2.45, 2.75) is 6.92 Å². The van der Waals surface area contributed by atoms with Crippen molar-refractivity contribution in [1.29, 1.82) is 0 Å². The molecule has 0 aliphatic heterocycles. The normalized spacial score (nSPS) is 10.5. The Morgan fingerprint density at radius 3 is 2.71 bits per heavy atom. The maximum absolute atomic E-state index is 12.4. The van der Waals surface area contributed by atoms with Crippen molar-refractivity contribution < 1.29 is 14.3 Å². The number of fused-ring (bicyclic) bond motifs is 1. The van der Waals surface area contributed by atoms with Gasteiger partial charge in [-0.05, 0) is 30.7 Å². The van der Waals surface area contributed by atoms with Crippen molar-refractivity contribution in [3.05, 3.63) is 47.5 Å². The van der Waals surface area contributed by atoms with Crippen molar-refractivity contribution >= 4 is 32.6 Å². The second kappa shape index (κ2) is 6.76. The minimum Gasteiger partial charge on any atom is -0.497 e. The number of anilines is 1. The highest BCUT2D eigenvalue weighted by Crippen LogP contribution is 2.28. The molecule has 0 atom stereocenters. The van der Waals surface area contributed by atoms with Crippen LogP contribution in [0.4, 0.5) is 5.13 Å². The van der Waals surface area contributed by atoms with E-state index in [2.05, 4.69) is 15.8 Å². The van der Waals surface area contributed by atoms with Gasteiger partial charge in [-0.1, -0.05) is 23.5 Å². The van der Waals surface area contributed by atoms with E-state index >= 15 is 0 Å². The van der Waals surface area contributed by atoms with Crippen molar-refractivity contribution in [2.75, 3.05) is 19.6 Å². The average molecular weight is 343 g/mol. The van der Waals surface area contributed by atoms with Gasteiger partial charge in [0, 0.05) is 6.07 Å². The summed E-state index contributed by atoms with van der Waals surface area (Å²) in [5.74, 6) is 0.747. The molecule has 0 unspecified atom stereocenters. The summed E-state index contributed by atoms with van der Waals surface area (Å²) in [6.45, 7) is 2.01. The van der Waals surface area contributed by atoms with Crippen molar-refractivity contribution in [3.63, 3.8) is 0 Å². The molecule has 0 radical (unpaired) electrons. The monoisotopic (exact) mass is 343 g/mol. The molecule has 124 valence electrons. The summed E-state index contributed by atoms with van der Waals surface area (Å²) in [5, 5.41) is 0.625. The molecule has 3 aromatic rings. The lowest BCUT2D eigenvalue weighted by atomic mass is 10.2. The predicted octanol–water partition coefficient (Wildman–Crippen LogP) is 3.38. The number of aryl methyl sites for hydroxylation is 1. The minimum atomic E-state index is -0.314. The summed E-state index contributed by atoms with van der Waals surface area (Å²) in [4.78, 5) is 16.9. The number of carbonyl (C=O) groups is 1. The number of para-hydroxylation sites is 1. The maximum atomic E-state index is 12.4. The van der Waals surface area contributed by atoms with Gasteiger partial charge in [-0.3, -0.25) is 15.6 Å². The van der Waals surface area contributed by atoms with Gasteiger partial charge in [-0.15, -0.1) is 0 Å². The molecule has 2 aromatic carbocycles. The van der Waals surface area contributed by atoms with Crippen LogP contribution in [0.2, 0.25) is 0 Å². The van der Waals surface area contributed by atoms with Gasteiger partial charge >= 0.3 is 0 Å². The van der Waals surface area contributed by atoms with Crippen molar-refractivity contribution in [1.82, 2.24) is 10.4 Å². The topological polar surface area (TPSA) is 72.5 Å².